The molecule has 1 aliphatic heterocycles. The normalized spacial score (nSPS) is 17.7. The smallest absolute Gasteiger partial charge is 0.149 e. The maximum absolute atomic E-state index is 10.2. The molecule has 0 aliphatic carbocycles. The van der Waals surface area contributed by atoms with Gasteiger partial charge in [0.1, 0.15) is 16.9 Å². The molecule has 0 saturated heterocycles. The minimum atomic E-state index is -0.0171. The third-order valence-corrected chi connectivity index (χ3v) is 5.70. The molecule has 2 rings (SSSR count). The minimum Gasteiger partial charge on any atom is -0.507 e. The number of aromatic hydroxyl groups is 1. The van der Waals surface area contributed by atoms with E-state index in [9.17, 15) is 10.2 Å². The number of fused-ring (bicyclic) bond motifs is 1. The summed E-state index contributed by atoms with van der Waals surface area (Å²) in [6.07, 6.45) is 2.98. The van der Waals surface area contributed by atoms with Gasteiger partial charge in [-0.05, 0) is 56.6 Å². The van der Waals surface area contributed by atoms with Crippen LogP contribution in [-0.2, 0) is 0 Å². The van der Waals surface area contributed by atoms with Crippen LogP contribution in [0, 0.1) is 26.2 Å². The van der Waals surface area contributed by atoms with Crippen LogP contribution in [0.4, 0.5) is 0 Å². The summed E-state index contributed by atoms with van der Waals surface area (Å²) < 4.78 is 6.09. The molecule has 0 fully saturated rings. The lowest BCUT2D eigenvalue weighted by Crippen LogP contribution is -2.17. The second-order valence-electron chi connectivity index (χ2n) is 6.76. The Morgan fingerprint density at radius 2 is 1.81 bits per heavy atom. The molecule has 21 heavy (non-hydrogen) atoms. The average Bonchev–Trinajstić information content (AvgIpc) is 2.87. The van der Waals surface area contributed by atoms with Crippen LogP contribution < -0.4 is 4.74 Å². The van der Waals surface area contributed by atoms with Crippen molar-refractivity contribution in [2.45, 2.75) is 64.2 Å². The maximum Gasteiger partial charge on any atom is 0.149 e. The molecule has 0 spiro atoms. The highest BCUT2D eigenvalue weighted by atomic mass is 32.2. The first-order valence-corrected chi connectivity index (χ1v) is 8.41. The Balaban J connectivity index is 2.04. The van der Waals surface area contributed by atoms with Crippen LogP contribution in [-0.4, -0.2) is 22.3 Å². The lowest BCUT2D eigenvalue weighted by atomic mass is 9.88. The van der Waals surface area contributed by atoms with Crippen molar-refractivity contribution in [3.63, 3.8) is 0 Å². The maximum atomic E-state index is 10.2. The van der Waals surface area contributed by atoms with Gasteiger partial charge in [0.15, 0.2) is 0 Å². The molecule has 0 amide bonds. The number of hydrogen-bond acceptors (Lipinski definition) is 4. The van der Waals surface area contributed by atoms with E-state index in [4.69, 9.17) is 4.74 Å². The van der Waals surface area contributed by atoms with Gasteiger partial charge in [0.2, 0.25) is 0 Å². The zero-order valence-corrected chi connectivity index (χ0v) is 14.4. The van der Waals surface area contributed by atoms with E-state index in [1.54, 1.807) is 11.8 Å². The van der Waals surface area contributed by atoms with E-state index in [-0.39, 0.29) is 17.5 Å². The predicted molar refractivity (Wildman–Crippen MR) is 87.3 cm³/mol. The molecular formula is C17H26O3S. The van der Waals surface area contributed by atoms with E-state index in [0.29, 0.717) is 5.75 Å². The van der Waals surface area contributed by atoms with Gasteiger partial charge in [-0.1, -0.05) is 25.6 Å². The SMILES string of the molecule is Cc1c(C)c2c(c(C)c1O)SC(CCCC(C)(C)CO)O2. The second-order valence-corrected chi connectivity index (χ2v) is 7.93. The van der Waals surface area contributed by atoms with Crippen LogP contribution in [0.15, 0.2) is 4.90 Å². The van der Waals surface area contributed by atoms with Crippen molar-refractivity contribution in [3.8, 4) is 11.5 Å². The molecule has 1 heterocycles. The van der Waals surface area contributed by atoms with Gasteiger partial charge in [-0.2, -0.15) is 0 Å². The number of benzene rings is 1. The predicted octanol–water partition coefficient (Wildman–Crippen LogP) is 4.32. The number of rotatable bonds is 5. The Bertz CT molecular complexity index is 501. The van der Waals surface area contributed by atoms with Crippen molar-refractivity contribution in [2.75, 3.05) is 6.61 Å². The fourth-order valence-corrected chi connectivity index (χ4v) is 3.87. The van der Waals surface area contributed by atoms with E-state index < -0.39 is 0 Å². The summed E-state index contributed by atoms with van der Waals surface area (Å²) in [5.41, 5.74) is 2.98. The summed E-state index contributed by atoms with van der Waals surface area (Å²) in [7, 11) is 0. The Morgan fingerprint density at radius 1 is 1.14 bits per heavy atom. The molecule has 1 aromatic rings. The summed E-state index contributed by atoms with van der Waals surface area (Å²) in [6.45, 7) is 10.3. The van der Waals surface area contributed by atoms with Gasteiger partial charge >= 0.3 is 0 Å². The fraction of sp³-hybridized carbons (Fsp3) is 0.647. The Morgan fingerprint density at radius 3 is 2.43 bits per heavy atom. The van der Waals surface area contributed by atoms with Crippen LogP contribution in [0.3, 0.4) is 0 Å². The summed E-state index contributed by atoms with van der Waals surface area (Å²) in [6, 6.07) is 0. The van der Waals surface area contributed by atoms with Gasteiger partial charge in [-0.25, -0.2) is 0 Å². The van der Waals surface area contributed by atoms with Gasteiger partial charge in [-0.3, -0.25) is 0 Å². The summed E-state index contributed by atoms with van der Waals surface area (Å²) >= 11 is 1.71. The van der Waals surface area contributed by atoms with Crippen molar-refractivity contribution in [1.29, 1.82) is 0 Å². The first-order valence-electron chi connectivity index (χ1n) is 7.53. The van der Waals surface area contributed by atoms with Crippen LogP contribution in [0.5, 0.6) is 11.5 Å². The molecule has 0 aromatic heterocycles. The highest BCUT2D eigenvalue weighted by Crippen LogP contribution is 2.50. The van der Waals surface area contributed by atoms with Gasteiger partial charge in [-0.15, -0.1) is 0 Å². The molecule has 2 N–H and O–H groups in total. The van der Waals surface area contributed by atoms with Gasteiger partial charge < -0.3 is 14.9 Å². The van der Waals surface area contributed by atoms with Gasteiger partial charge in [0.05, 0.1) is 4.90 Å². The highest BCUT2D eigenvalue weighted by Gasteiger charge is 2.30. The fourth-order valence-electron chi connectivity index (χ4n) is 2.59. The third kappa shape index (κ3) is 3.32. The van der Waals surface area contributed by atoms with E-state index in [1.807, 2.05) is 20.8 Å². The minimum absolute atomic E-state index is 0.0171. The molecule has 0 radical (unpaired) electrons. The zero-order valence-electron chi connectivity index (χ0n) is 13.6. The first kappa shape index (κ1) is 16.5. The monoisotopic (exact) mass is 310 g/mol. The zero-order chi connectivity index (χ0) is 15.8. The Kier molecular flexibility index (Phi) is 4.79. The van der Waals surface area contributed by atoms with Crippen molar-refractivity contribution >= 4 is 11.8 Å². The van der Waals surface area contributed by atoms with Gasteiger partial charge in [0.25, 0.3) is 0 Å². The Labute approximate surface area is 131 Å². The summed E-state index contributed by atoms with van der Waals surface area (Å²) in [5.74, 6) is 1.34. The molecule has 1 aromatic carbocycles. The number of aliphatic hydroxyl groups excluding tert-OH is 1. The number of thioether (sulfide) groups is 1. The van der Waals surface area contributed by atoms with Crippen molar-refractivity contribution in [2.24, 2.45) is 5.41 Å². The number of aliphatic hydroxyl groups is 1. The second kappa shape index (κ2) is 6.09. The van der Waals surface area contributed by atoms with Crippen molar-refractivity contribution in [3.05, 3.63) is 16.7 Å². The van der Waals surface area contributed by atoms with Crippen LogP contribution >= 0.6 is 11.8 Å². The van der Waals surface area contributed by atoms with Crippen molar-refractivity contribution < 1.29 is 14.9 Å². The molecule has 118 valence electrons. The van der Waals surface area contributed by atoms with Crippen LogP contribution in [0.1, 0.15) is 49.8 Å². The van der Waals surface area contributed by atoms with E-state index in [2.05, 4.69) is 13.8 Å². The standard InChI is InChI=1S/C17H26O3S/c1-10-11(2)15-16(12(3)14(10)19)21-13(20-15)7-6-8-17(4,5)9-18/h13,18-19H,6-9H2,1-5H3. The highest BCUT2D eigenvalue weighted by molar-refractivity contribution is 8.00. The van der Waals surface area contributed by atoms with Crippen LogP contribution in [0.2, 0.25) is 0 Å². The summed E-state index contributed by atoms with van der Waals surface area (Å²) in [4.78, 5) is 1.09. The molecule has 3 nitrogen and oxygen atoms in total. The topological polar surface area (TPSA) is 49.7 Å². The number of phenols is 1. The Hall–Kier alpha value is -0.870. The molecule has 1 aliphatic rings. The van der Waals surface area contributed by atoms with E-state index in [1.165, 1.54) is 0 Å². The number of phenolic OH excluding ortho intramolecular Hbond substituents is 1. The first-order chi connectivity index (χ1) is 9.76. The molecular weight excluding hydrogens is 284 g/mol. The third-order valence-electron chi connectivity index (χ3n) is 4.38. The molecule has 0 saturated carbocycles. The number of hydrogen-bond donors (Lipinski definition) is 2. The quantitative estimate of drug-likeness (QED) is 0.850. The van der Waals surface area contributed by atoms with E-state index >= 15 is 0 Å². The molecule has 0 bridgehead atoms. The number of ether oxygens (including phenoxy) is 1. The van der Waals surface area contributed by atoms with Crippen LogP contribution in [0.25, 0.3) is 0 Å². The van der Waals surface area contributed by atoms with E-state index in [0.717, 1.165) is 46.6 Å². The molecule has 4 heteroatoms. The van der Waals surface area contributed by atoms with Gasteiger partial charge in [0, 0.05) is 12.2 Å². The average molecular weight is 310 g/mol. The summed E-state index contributed by atoms with van der Waals surface area (Å²) in [5, 5.41) is 19.5. The lowest BCUT2D eigenvalue weighted by molar-refractivity contribution is 0.143. The molecule has 1 unspecified atom stereocenters. The lowest BCUT2D eigenvalue weighted by Gasteiger charge is -2.21. The molecule has 1 atom stereocenters. The van der Waals surface area contributed by atoms with Crippen molar-refractivity contribution in [1.82, 2.24) is 0 Å². The largest absolute Gasteiger partial charge is 0.507 e.